The van der Waals surface area contributed by atoms with Crippen LogP contribution in [0.5, 0.6) is 0 Å². The fourth-order valence-corrected chi connectivity index (χ4v) is 12.3. The third-order valence-electron chi connectivity index (χ3n) is 4.90. The van der Waals surface area contributed by atoms with Gasteiger partial charge in [-0.15, -0.1) is 0 Å². The Morgan fingerprint density at radius 2 is 1.44 bits per heavy atom. The molecule has 0 amide bonds. The van der Waals surface area contributed by atoms with Gasteiger partial charge in [0, 0.05) is 0 Å². The van der Waals surface area contributed by atoms with E-state index in [0.717, 1.165) is 22.2 Å². The molecule has 0 saturated carbocycles. The van der Waals surface area contributed by atoms with Crippen LogP contribution in [0.3, 0.4) is 0 Å². The first-order valence-electron chi connectivity index (χ1n) is 7.10. The minimum Gasteiger partial charge on any atom is -0.0885 e. The molecule has 0 N–H and O–H groups in total. The predicted octanol–water partition coefficient (Wildman–Crippen LogP) is 5.78. The molecule has 0 nitrogen and oxygen atoms in total. The Labute approximate surface area is 104 Å². The second kappa shape index (κ2) is 5.53. The molecule has 0 aromatic heterocycles. The summed E-state index contributed by atoms with van der Waals surface area (Å²) in [5.41, 5.74) is 3.64. The zero-order valence-corrected chi connectivity index (χ0v) is 13.1. The lowest BCUT2D eigenvalue weighted by Gasteiger charge is -2.49. The van der Waals surface area contributed by atoms with Crippen LogP contribution in [0.15, 0.2) is 12.2 Å². The lowest BCUT2D eigenvalue weighted by molar-refractivity contribution is 0.661. The van der Waals surface area contributed by atoms with Crippen LogP contribution >= 0.6 is 0 Å². The van der Waals surface area contributed by atoms with Crippen molar-refractivity contribution in [2.75, 3.05) is 0 Å². The van der Waals surface area contributed by atoms with Gasteiger partial charge < -0.3 is 0 Å². The summed E-state index contributed by atoms with van der Waals surface area (Å²) in [7, 11) is -1.21. The fourth-order valence-electron chi connectivity index (χ4n) is 4.51. The molecule has 1 heteroatoms. The Kier molecular flexibility index (Phi) is 4.84. The molecule has 0 heterocycles. The van der Waals surface area contributed by atoms with E-state index in [1.54, 1.807) is 0 Å². The van der Waals surface area contributed by atoms with Crippen molar-refractivity contribution in [3.05, 3.63) is 12.2 Å². The molecule has 1 rings (SSSR count). The molecule has 0 bridgehead atoms. The SMILES string of the molecule is CC(C)[Si](C(C)C)(C(C)C)C1C=CCCC1. The van der Waals surface area contributed by atoms with Gasteiger partial charge in [0.15, 0.2) is 0 Å². The first-order valence-corrected chi connectivity index (χ1v) is 9.41. The van der Waals surface area contributed by atoms with Crippen LogP contribution in [0.4, 0.5) is 0 Å². The number of hydrogen-bond acceptors (Lipinski definition) is 0. The highest BCUT2D eigenvalue weighted by Crippen LogP contribution is 2.52. The summed E-state index contributed by atoms with van der Waals surface area (Å²) in [5, 5.41) is 0. The molecular formula is C15H30Si. The Morgan fingerprint density at radius 1 is 0.938 bits per heavy atom. The van der Waals surface area contributed by atoms with Gasteiger partial charge in [-0.05, 0) is 24.8 Å². The van der Waals surface area contributed by atoms with Gasteiger partial charge in [0.1, 0.15) is 0 Å². The third-order valence-corrected chi connectivity index (χ3v) is 12.7. The molecule has 16 heavy (non-hydrogen) atoms. The molecule has 0 spiro atoms. The second-order valence-electron chi connectivity index (χ2n) is 6.43. The predicted molar refractivity (Wildman–Crippen MR) is 77.8 cm³/mol. The highest BCUT2D eigenvalue weighted by atomic mass is 28.3. The average molecular weight is 238 g/mol. The molecular weight excluding hydrogens is 208 g/mol. The Morgan fingerprint density at radius 3 is 1.75 bits per heavy atom. The van der Waals surface area contributed by atoms with Gasteiger partial charge in [0.2, 0.25) is 0 Å². The summed E-state index contributed by atoms with van der Waals surface area (Å²) in [4.78, 5) is 0. The van der Waals surface area contributed by atoms with E-state index in [9.17, 15) is 0 Å². The van der Waals surface area contributed by atoms with Crippen LogP contribution in [0.1, 0.15) is 60.8 Å². The van der Waals surface area contributed by atoms with Crippen LogP contribution in [0.2, 0.25) is 22.2 Å². The van der Waals surface area contributed by atoms with Gasteiger partial charge in [-0.1, -0.05) is 70.3 Å². The molecule has 0 aromatic carbocycles. The molecule has 0 saturated heterocycles. The second-order valence-corrected chi connectivity index (χ2v) is 12.6. The van der Waals surface area contributed by atoms with Crippen molar-refractivity contribution >= 4 is 8.07 Å². The highest BCUT2D eigenvalue weighted by Gasteiger charge is 2.47. The molecule has 0 fully saturated rings. The molecule has 0 aliphatic heterocycles. The van der Waals surface area contributed by atoms with Crippen molar-refractivity contribution in [2.24, 2.45) is 0 Å². The Bertz CT molecular complexity index is 216. The van der Waals surface area contributed by atoms with E-state index in [1.807, 2.05) is 0 Å². The summed E-state index contributed by atoms with van der Waals surface area (Å²) in [5.74, 6) is 0. The van der Waals surface area contributed by atoms with E-state index in [4.69, 9.17) is 0 Å². The topological polar surface area (TPSA) is 0 Å². The number of rotatable bonds is 4. The standard InChI is InChI=1S/C15H30Si/c1-12(2)16(13(3)4,14(5)6)15-10-8-7-9-11-15/h8,10,12-15H,7,9,11H2,1-6H3. The van der Waals surface area contributed by atoms with E-state index < -0.39 is 8.07 Å². The number of allylic oxidation sites excluding steroid dienone is 2. The van der Waals surface area contributed by atoms with E-state index in [2.05, 4.69) is 53.7 Å². The molecule has 1 aliphatic rings. The van der Waals surface area contributed by atoms with Crippen LogP contribution in [-0.2, 0) is 0 Å². The molecule has 94 valence electrons. The maximum atomic E-state index is 2.58. The smallest absolute Gasteiger partial charge is 0.0681 e. The first-order chi connectivity index (χ1) is 7.44. The zero-order chi connectivity index (χ0) is 12.3. The monoisotopic (exact) mass is 238 g/mol. The van der Waals surface area contributed by atoms with Crippen molar-refractivity contribution in [1.29, 1.82) is 0 Å². The molecule has 0 aromatic rings. The summed E-state index contributed by atoms with van der Waals surface area (Å²) in [6, 6.07) is 0. The van der Waals surface area contributed by atoms with Crippen molar-refractivity contribution in [1.82, 2.24) is 0 Å². The van der Waals surface area contributed by atoms with Crippen molar-refractivity contribution < 1.29 is 0 Å². The van der Waals surface area contributed by atoms with Crippen LogP contribution in [-0.4, -0.2) is 8.07 Å². The van der Waals surface area contributed by atoms with Gasteiger partial charge >= 0.3 is 0 Å². The highest BCUT2D eigenvalue weighted by molar-refractivity contribution is 6.85. The van der Waals surface area contributed by atoms with E-state index in [-0.39, 0.29) is 0 Å². The minimum atomic E-state index is -1.21. The summed E-state index contributed by atoms with van der Waals surface area (Å²) >= 11 is 0. The first kappa shape index (κ1) is 14.0. The van der Waals surface area contributed by atoms with Gasteiger partial charge in [-0.25, -0.2) is 0 Å². The van der Waals surface area contributed by atoms with Crippen molar-refractivity contribution in [3.8, 4) is 0 Å². The zero-order valence-electron chi connectivity index (χ0n) is 12.1. The average Bonchev–Trinajstić information content (AvgIpc) is 2.18. The molecule has 1 unspecified atom stereocenters. The van der Waals surface area contributed by atoms with E-state index in [0.29, 0.717) is 0 Å². The van der Waals surface area contributed by atoms with Crippen LogP contribution < -0.4 is 0 Å². The lowest BCUT2D eigenvalue weighted by Crippen LogP contribution is -2.48. The summed E-state index contributed by atoms with van der Waals surface area (Å²) in [6.45, 7) is 14.9. The maximum absolute atomic E-state index is 2.58. The van der Waals surface area contributed by atoms with Crippen molar-refractivity contribution in [3.63, 3.8) is 0 Å². The van der Waals surface area contributed by atoms with Crippen LogP contribution in [0, 0.1) is 0 Å². The number of hydrogen-bond donors (Lipinski definition) is 0. The Balaban J connectivity index is 3.09. The van der Waals surface area contributed by atoms with E-state index in [1.165, 1.54) is 19.3 Å². The normalized spacial score (nSPS) is 22.4. The maximum Gasteiger partial charge on any atom is 0.0681 e. The third kappa shape index (κ3) is 2.29. The van der Waals surface area contributed by atoms with Gasteiger partial charge in [-0.3, -0.25) is 0 Å². The fraction of sp³-hybridized carbons (Fsp3) is 0.867. The summed E-state index contributed by atoms with van der Waals surface area (Å²) in [6.07, 6.45) is 9.22. The van der Waals surface area contributed by atoms with Gasteiger partial charge in [-0.2, -0.15) is 0 Å². The molecule has 1 aliphatic carbocycles. The quantitative estimate of drug-likeness (QED) is 0.430. The largest absolute Gasteiger partial charge is 0.0885 e. The molecule has 1 atom stereocenters. The van der Waals surface area contributed by atoms with Crippen molar-refractivity contribution in [2.45, 2.75) is 83.0 Å². The van der Waals surface area contributed by atoms with Gasteiger partial charge in [0.25, 0.3) is 0 Å². The van der Waals surface area contributed by atoms with Gasteiger partial charge in [0.05, 0.1) is 8.07 Å². The lowest BCUT2D eigenvalue weighted by atomic mass is 10.1. The van der Waals surface area contributed by atoms with E-state index >= 15 is 0 Å². The Hall–Kier alpha value is -0.0431. The van der Waals surface area contributed by atoms with Crippen LogP contribution in [0.25, 0.3) is 0 Å². The summed E-state index contributed by atoms with van der Waals surface area (Å²) < 4.78 is 0. The molecule has 0 radical (unpaired) electrons. The minimum absolute atomic E-state index is 0.903.